The first-order chi connectivity index (χ1) is 7.77. The minimum absolute atomic E-state index is 0.533. The second-order valence-corrected chi connectivity index (χ2v) is 6.49. The predicted octanol–water partition coefficient (Wildman–Crippen LogP) is 2.35. The van der Waals surface area contributed by atoms with Crippen LogP contribution in [0.5, 0.6) is 0 Å². The quantitative estimate of drug-likeness (QED) is 0.762. The predicted molar refractivity (Wildman–Crippen MR) is 73.2 cm³/mol. The van der Waals surface area contributed by atoms with Crippen molar-refractivity contribution in [3.8, 4) is 0 Å². The summed E-state index contributed by atoms with van der Waals surface area (Å²) in [4.78, 5) is 2.80. The van der Waals surface area contributed by atoms with Gasteiger partial charge in [0, 0.05) is 24.7 Å². The zero-order chi connectivity index (χ0) is 11.4. The van der Waals surface area contributed by atoms with Crippen molar-refractivity contribution in [1.29, 1.82) is 0 Å². The molecule has 1 aliphatic heterocycles. The molecular weight excluding hydrogens is 216 g/mol. The molecule has 1 heterocycles. The van der Waals surface area contributed by atoms with Crippen LogP contribution in [0.3, 0.4) is 0 Å². The number of rotatable bonds is 4. The van der Waals surface area contributed by atoms with Crippen LogP contribution in [0.2, 0.25) is 0 Å². The van der Waals surface area contributed by atoms with Gasteiger partial charge in [-0.15, -0.1) is 0 Å². The van der Waals surface area contributed by atoms with Crippen LogP contribution in [0.15, 0.2) is 0 Å². The van der Waals surface area contributed by atoms with E-state index < -0.39 is 0 Å². The van der Waals surface area contributed by atoms with Gasteiger partial charge in [0.1, 0.15) is 0 Å². The van der Waals surface area contributed by atoms with E-state index in [0.29, 0.717) is 11.6 Å². The highest BCUT2D eigenvalue weighted by Crippen LogP contribution is 2.36. The molecule has 2 nitrogen and oxygen atoms in total. The second-order valence-electron chi connectivity index (χ2n) is 5.51. The molecule has 0 bridgehead atoms. The van der Waals surface area contributed by atoms with Crippen LogP contribution in [0.4, 0.5) is 0 Å². The molecule has 1 aliphatic carbocycles. The fourth-order valence-electron chi connectivity index (χ4n) is 3.32. The highest BCUT2D eigenvalue weighted by atomic mass is 32.2. The van der Waals surface area contributed by atoms with E-state index >= 15 is 0 Å². The number of piperazine rings is 1. The van der Waals surface area contributed by atoms with Gasteiger partial charge >= 0.3 is 0 Å². The molecule has 0 aromatic heterocycles. The van der Waals surface area contributed by atoms with E-state index in [2.05, 4.69) is 23.4 Å². The highest BCUT2D eigenvalue weighted by Gasteiger charge is 2.42. The van der Waals surface area contributed by atoms with Gasteiger partial charge in [0.25, 0.3) is 0 Å². The minimum Gasteiger partial charge on any atom is -0.311 e. The Bertz CT molecular complexity index is 214. The number of nitrogens with zero attached hydrogens (tertiary/aromatic N) is 1. The Hall–Kier alpha value is 0.270. The second kappa shape index (κ2) is 5.74. The molecular formula is C13H26N2S. The van der Waals surface area contributed by atoms with E-state index in [1.807, 2.05) is 11.8 Å². The molecule has 94 valence electrons. The Morgan fingerprint density at radius 3 is 2.81 bits per heavy atom. The minimum atomic E-state index is 0.533. The van der Waals surface area contributed by atoms with Crippen LogP contribution in [0.25, 0.3) is 0 Å². The van der Waals surface area contributed by atoms with Crippen molar-refractivity contribution >= 4 is 11.8 Å². The molecule has 1 unspecified atom stereocenters. The van der Waals surface area contributed by atoms with Gasteiger partial charge < -0.3 is 5.32 Å². The lowest BCUT2D eigenvalue weighted by Crippen LogP contribution is -2.63. The van der Waals surface area contributed by atoms with E-state index in [-0.39, 0.29) is 0 Å². The fraction of sp³-hybridized carbons (Fsp3) is 1.00. The van der Waals surface area contributed by atoms with Gasteiger partial charge in [0.2, 0.25) is 0 Å². The molecule has 1 saturated heterocycles. The average molecular weight is 242 g/mol. The Morgan fingerprint density at radius 1 is 1.38 bits per heavy atom. The molecule has 1 N–H and O–H groups in total. The van der Waals surface area contributed by atoms with Gasteiger partial charge in [-0.1, -0.05) is 12.8 Å². The molecule has 3 heteroatoms. The maximum Gasteiger partial charge on any atom is 0.0334 e. The molecule has 0 amide bonds. The number of hydrogen-bond acceptors (Lipinski definition) is 3. The first-order valence-corrected chi connectivity index (χ1v) is 8.14. The first-order valence-electron chi connectivity index (χ1n) is 6.74. The summed E-state index contributed by atoms with van der Waals surface area (Å²) in [6, 6.07) is 0.681. The van der Waals surface area contributed by atoms with Crippen molar-refractivity contribution < 1.29 is 0 Å². The molecule has 0 aromatic carbocycles. The van der Waals surface area contributed by atoms with Gasteiger partial charge in [0.15, 0.2) is 0 Å². The van der Waals surface area contributed by atoms with Crippen molar-refractivity contribution in [3.63, 3.8) is 0 Å². The fourth-order valence-corrected chi connectivity index (χ4v) is 3.74. The third kappa shape index (κ3) is 2.74. The highest BCUT2D eigenvalue weighted by molar-refractivity contribution is 7.98. The van der Waals surface area contributed by atoms with Crippen molar-refractivity contribution in [2.75, 3.05) is 31.6 Å². The summed E-state index contributed by atoms with van der Waals surface area (Å²) in [5.74, 6) is 1.31. The van der Waals surface area contributed by atoms with Crippen LogP contribution in [0.1, 0.15) is 39.0 Å². The third-order valence-corrected chi connectivity index (χ3v) is 4.95. The number of hydrogen-bond donors (Lipinski definition) is 1. The zero-order valence-electron chi connectivity index (χ0n) is 10.8. The number of nitrogens with one attached hydrogen (secondary N) is 1. The monoisotopic (exact) mass is 242 g/mol. The van der Waals surface area contributed by atoms with E-state index in [0.717, 1.165) is 0 Å². The smallest absolute Gasteiger partial charge is 0.0334 e. The van der Waals surface area contributed by atoms with E-state index in [9.17, 15) is 0 Å². The summed E-state index contributed by atoms with van der Waals surface area (Å²) in [6.45, 7) is 6.12. The Labute approximate surface area is 105 Å². The van der Waals surface area contributed by atoms with Gasteiger partial charge in [-0.05, 0) is 44.7 Å². The van der Waals surface area contributed by atoms with Crippen molar-refractivity contribution in [2.24, 2.45) is 0 Å². The molecule has 2 aliphatic rings. The molecule has 16 heavy (non-hydrogen) atoms. The number of thioether (sulfide) groups is 1. The summed E-state index contributed by atoms with van der Waals surface area (Å²) in [7, 11) is 0. The largest absolute Gasteiger partial charge is 0.311 e. The van der Waals surface area contributed by atoms with Crippen molar-refractivity contribution in [2.45, 2.75) is 50.6 Å². The summed E-state index contributed by atoms with van der Waals surface area (Å²) in [6.07, 6.45) is 9.30. The van der Waals surface area contributed by atoms with Gasteiger partial charge in [-0.2, -0.15) is 11.8 Å². The van der Waals surface area contributed by atoms with E-state index in [4.69, 9.17) is 0 Å². The van der Waals surface area contributed by atoms with Gasteiger partial charge in [-0.3, -0.25) is 4.90 Å². The van der Waals surface area contributed by atoms with Crippen LogP contribution in [-0.2, 0) is 0 Å². The summed E-state index contributed by atoms with van der Waals surface area (Å²) >= 11 is 1.98. The van der Waals surface area contributed by atoms with Crippen LogP contribution >= 0.6 is 11.8 Å². The molecule has 0 radical (unpaired) electrons. The Morgan fingerprint density at radius 2 is 2.12 bits per heavy atom. The van der Waals surface area contributed by atoms with Gasteiger partial charge in [0.05, 0.1) is 0 Å². The molecule has 1 spiro atoms. The molecule has 0 aromatic rings. The third-order valence-electron chi connectivity index (χ3n) is 4.26. The molecule has 2 fully saturated rings. The summed E-state index contributed by atoms with van der Waals surface area (Å²) in [5, 5.41) is 3.69. The van der Waals surface area contributed by atoms with Crippen molar-refractivity contribution in [1.82, 2.24) is 10.2 Å². The topological polar surface area (TPSA) is 15.3 Å². The zero-order valence-corrected chi connectivity index (χ0v) is 11.6. The lowest BCUT2D eigenvalue weighted by Gasteiger charge is -2.48. The average Bonchev–Trinajstić information content (AvgIpc) is 2.74. The maximum atomic E-state index is 3.69. The normalized spacial score (nSPS) is 30.0. The lowest BCUT2D eigenvalue weighted by atomic mass is 9.91. The molecule has 1 saturated carbocycles. The summed E-state index contributed by atoms with van der Waals surface area (Å²) < 4.78 is 0. The summed E-state index contributed by atoms with van der Waals surface area (Å²) in [5.41, 5.74) is 0.533. The van der Waals surface area contributed by atoms with E-state index in [1.54, 1.807) is 0 Å². The van der Waals surface area contributed by atoms with Crippen LogP contribution in [-0.4, -0.2) is 48.1 Å². The maximum absolute atomic E-state index is 3.69. The van der Waals surface area contributed by atoms with Crippen molar-refractivity contribution in [3.05, 3.63) is 0 Å². The lowest BCUT2D eigenvalue weighted by molar-refractivity contribution is 0.0471. The van der Waals surface area contributed by atoms with E-state index in [1.165, 1.54) is 57.5 Å². The van der Waals surface area contributed by atoms with Crippen LogP contribution < -0.4 is 5.32 Å². The first kappa shape index (κ1) is 12.7. The Balaban J connectivity index is 1.92. The molecule has 2 rings (SSSR count). The Kier molecular flexibility index (Phi) is 4.57. The molecule has 1 atom stereocenters. The van der Waals surface area contributed by atoms with Gasteiger partial charge in [-0.25, -0.2) is 0 Å². The van der Waals surface area contributed by atoms with Crippen LogP contribution in [0, 0.1) is 0 Å². The SMILES string of the molecule is CSCCCN1CC(C)NCC12CCCC2. The standard InChI is InChI=1S/C13H26N2S/c1-12-10-15(8-5-9-16-2)13(11-14-12)6-3-4-7-13/h12,14H,3-11H2,1-2H3.